The van der Waals surface area contributed by atoms with Gasteiger partial charge in [-0.1, -0.05) is 81.0 Å². The van der Waals surface area contributed by atoms with Crippen LogP contribution >= 0.6 is 0 Å². The molecule has 6 rings (SSSR count). The molecule has 3 aromatic carbocycles. The van der Waals surface area contributed by atoms with Gasteiger partial charge in [0.2, 0.25) is 0 Å². The van der Waals surface area contributed by atoms with Crippen molar-refractivity contribution in [1.82, 2.24) is 14.9 Å². The number of para-hydroxylation sites is 2. The first kappa shape index (κ1) is 24.9. The van der Waals surface area contributed by atoms with Crippen LogP contribution in [0.1, 0.15) is 53.5 Å². The number of carboxylic acids is 1. The zero-order valence-corrected chi connectivity index (χ0v) is 22.4. The van der Waals surface area contributed by atoms with Crippen molar-refractivity contribution < 1.29 is 14.7 Å². The second-order valence-corrected chi connectivity index (χ2v) is 11.3. The van der Waals surface area contributed by atoms with Gasteiger partial charge >= 0.3 is 5.97 Å². The van der Waals surface area contributed by atoms with E-state index in [9.17, 15) is 14.7 Å². The number of carboxylic acid groups (broad SMARTS) is 1. The van der Waals surface area contributed by atoms with Gasteiger partial charge in [0.1, 0.15) is 5.82 Å². The van der Waals surface area contributed by atoms with Crippen LogP contribution in [0.3, 0.4) is 0 Å². The molecule has 4 aromatic rings. The van der Waals surface area contributed by atoms with E-state index in [1.54, 1.807) is 12.1 Å². The summed E-state index contributed by atoms with van der Waals surface area (Å²) in [6.45, 7) is 7.85. The summed E-state index contributed by atoms with van der Waals surface area (Å²) in [7, 11) is 0. The maximum absolute atomic E-state index is 14.0. The van der Waals surface area contributed by atoms with E-state index >= 15 is 0 Å². The summed E-state index contributed by atoms with van der Waals surface area (Å²) in [5.41, 5.74) is 6.64. The van der Waals surface area contributed by atoms with Gasteiger partial charge in [-0.25, -0.2) is 9.78 Å². The first-order chi connectivity index (χ1) is 18.7. The van der Waals surface area contributed by atoms with Gasteiger partial charge in [0.05, 0.1) is 22.2 Å². The molecule has 0 saturated carbocycles. The maximum atomic E-state index is 14.0. The molecule has 0 fully saturated rings. The average molecular weight is 518 g/mol. The Kier molecular flexibility index (Phi) is 5.79. The van der Waals surface area contributed by atoms with E-state index in [1.807, 2.05) is 65.6 Å². The number of nitrogens with zero attached hydrogens (tertiary/aromatic N) is 2. The number of carbonyl (C=O) groups is 2. The van der Waals surface area contributed by atoms with Crippen LogP contribution in [0.5, 0.6) is 0 Å². The van der Waals surface area contributed by atoms with E-state index in [0.29, 0.717) is 24.5 Å². The number of allylic oxidation sites excluding steroid dienone is 2. The van der Waals surface area contributed by atoms with Gasteiger partial charge in [0.15, 0.2) is 0 Å². The Bertz CT molecular complexity index is 1640. The van der Waals surface area contributed by atoms with Crippen LogP contribution in [0.2, 0.25) is 0 Å². The molecule has 2 aliphatic rings. The molecular formula is C33H31N3O3. The Labute approximate surface area is 227 Å². The standard InChI is InChI=1S/C33H31N3O3/c1-32(2)25(21-12-14-22(15-13-21)31(38)39)16-18-33(3)20-36(19-17-28(32)33)30(37)24-9-5-4-8-23(24)29-34-26-10-6-7-11-27(26)35-29/h4-17H,18-20H2,1-3H3,(H,34,35)(H,38,39)/t33-/m1/s1. The molecule has 0 saturated heterocycles. The lowest BCUT2D eigenvalue weighted by Gasteiger charge is -2.50. The number of fused-ring (bicyclic) bond motifs is 2. The molecule has 1 aliphatic heterocycles. The van der Waals surface area contributed by atoms with Gasteiger partial charge in [-0.15, -0.1) is 0 Å². The van der Waals surface area contributed by atoms with Crippen molar-refractivity contribution in [1.29, 1.82) is 0 Å². The quantitative estimate of drug-likeness (QED) is 0.291. The highest BCUT2D eigenvalue weighted by Gasteiger charge is 2.46. The van der Waals surface area contributed by atoms with Gasteiger partial charge in [-0.05, 0) is 47.9 Å². The van der Waals surface area contributed by atoms with E-state index in [0.717, 1.165) is 28.6 Å². The third-order valence-electron chi connectivity index (χ3n) is 8.34. The fourth-order valence-electron chi connectivity index (χ4n) is 6.48. The van der Waals surface area contributed by atoms with E-state index in [2.05, 4.69) is 37.9 Å². The van der Waals surface area contributed by atoms with E-state index in [-0.39, 0.29) is 22.3 Å². The molecule has 0 radical (unpaired) electrons. The number of rotatable bonds is 4. The summed E-state index contributed by atoms with van der Waals surface area (Å²) in [6.07, 6.45) is 5.29. The number of carbonyl (C=O) groups excluding carboxylic acids is 1. The molecule has 1 amide bonds. The topological polar surface area (TPSA) is 86.3 Å². The molecule has 2 N–H and O–H groups in total. The van der Waals surface area contributed by atoms with Crippen LogP contribution in [-0.4, -0.2) is 44.9 Å². The van der Waals surface area contributed by atoms with Crippen molar-refractivity contribution in [2.24, 2.45) is 10.8 Å². The first-order valence-electron chi connectivity index (χ1n) is 13.3. The highest BCUT2D eigenvalue weighted by molar-refractivity contribution is 6.01. The Morgan fingerprint density at radius 1 is 0.923 bits per heavy atom. The van der Waals surface area contributed by atoms with Gasteiger partial charge in [-0.2, -0.15) is 0 Å². The van der Waals surface area contributed by atoms with Crippen molar-refractivity contribution in [2.75, 3.05) is 13.1 Å². The lowest BCUT2D eigenvalue weighted by atomic mass is 9.58. The Morgan fingerprint density at radius 3 is 2.38 bits per heavy atom. The molecular weight excluding hydrogens is 486 g/mol. The maximum Gasteiger partial charge on any atom is 0.335 e. The summed E-state index contributed by atoms with van der Waals surface area (Å²) in [5, 5.41) is 9.28. The molecule has 6 nitrogen and oxygen atoms in total. The number of amides is 1. The van der Waals surface area contributed by atoms with Crippen molar-refractivity contribution in [3.8, 4) is 11.4 Å². The number of hydrogen-bond donors (Lipinski definition) is 2. The largest absolute Gasteiger partial charge is 0.478 e. The molecule has 1 aliphatic carbocycles. The fraction of sp³-hybridized carbons (Fsp3) is 0.242. The Balaban J connectivity index is 1.30. The minimum Gasteiger partial charge on any atom is -0.478 e. The van der Waals surface area contributed by atoms with E-state index in [4.69, 9.17) is 4.98 Å². The first-order valence-corrected chi connectivity index (χ1v) is 13.3. The summed E-state index contributed by atoms with van der Waals surface area (Å²) in [5.74, 6) is -0.230. The van der Waals surface area contributed by atoms with E-state index < -0.39 is 5.97 Å². The zero-order valence-electron chi connectivity index (χ0n) is 22.4. The predicted molar refractivity (Wildman–Crippen MR) is 153 cm³/mol. The minimum atomic E-state index is -0.923. The molecule has 2 heterocycles. The highest BCUT2D eigenvalue weighted by atomic mass is 16.4. The molecule has 1 aromatic heterocycles. The van der Waals surface area contributed by atoms with Crippen LogP contribution in [0, 0.1) is 10.8 Å². The third-order valence-corrected chi connectivity index (χ3v) is 8.34. The number of hydrogen-bond acceptors (Lipinski definition) is 3. The number of imidazole rings is 1. The van der Waals surface area contributed by atoms with Crippen LogP contribution in [0.15, 0.2) is 90.5 Å². The van der Waals surface area contributed by atoms with Gasteiger partial charge in [0, 0.05) is 29.5 Å². The molecule has 0 unspecified atom stereocenters. The summed E-state index contributed by atoms with van der Waals surface area (Å²) in [4.78, 5) is 35.3. The molecule has 0 spiro atoms. The molecule has 1 atom stereocenters. The van der Waals surface area contributed by atoms with Crippen LogP contribution in [0.25, 0.3) is 28.0 Å². The molecule has 0 bridgehead atoms. The third kappa shape index (κ3) is 4.16. The normalized spacial score (nSPS) is 20.2. The number of H-pyrrole nitrogens is 1. The average Bonchev–Trinajstić information content (AvgIpc) is 3.36. The van der Waals surface area contributed by atoms with Gasteiger partial charge < -0.3 is 15.0 Å². The smallest absolute Gasteiger partial charge is 0.335 e. The lowest BCUT2D eigenvalue weighted by molar-refractivity contribution is 0.0679. The highest BCUT2D eigenvalue weighted by Crippen LogP contribution is 2.55. The zero-order chi connectivity index (χ0) is 27.4. The monoisotopic (exact) mass is 517 g/mol. The van der Waals surface area contributed by atoms with Gasteiger partial charge in [0.25, 0.3) is 5.91 Å². The molecule has 6 heteroatoms. The number of benzene rings is 3. The number of aromatic nitrogens is 2. The second kappa shape index (κ2) is 9.09. The Morgan fingerprint density at radius 2 is 1.64 bits per heavy atom. The Hall–Kier alpha value is -4.45. The minimum absolute atomic E-state index is 0.000534. The van der Waals surface area contributed by atoms with Crippen LogP contribution in [-0.2, 0) is 0 Å². The lowest BCUT2D eigenvalue weighted by Crippen LogP contribution is -2.48. The molecule has 39 heavy (non-hydrogen) atoms. The summed E-state index contributed by atoms with van der Waals surface area (Å²) >= 11 is 0. The van der Waals surface area contributed by atoms with Crippen molar-refractivity contribution in [3.63, 3.8) is 0 Å². The summed E-state index contributed by atoms with van der Waals surface area (Å²) in [6, 6.07) is 22.7. The number of aromatic amines is 1. The summed E-state index contributed by atoms with van der Waals surface area (Å²) < 4.78 is 0. The number of nitrogens with one attached hydrogen (secondary N) is 1. The van der Waals surface area contributed by atoms with E-state index in [1.165, 1.54) is 11.1 Å². The van der Waals surface area contributed by atoms with Crippen LogP contribution < -0.4 is 0 Å². The second-order valence-electron chi connectivity index (χ2n) is 11.3. The SMILES string of the molecule is CC1(C)C(c2ccc(C(=O)O)cc2)=CC[C@]2(C)CN(C(=O)c3ccccc3-c3nc4ccccc4[nH]3)CC=C12. The van der Waals surface area contributed by atoms with Crippen molar-refractivity contribution in [3.05, 3.63) is 107 Å². The van der Waals surface area contributed by atoms with Crippen LogP contribution in [0.4, 0.5) is 0 Å². The predicted octanol–water partition coefficient (Wildman–Crippen LogP) is 6.83. The fourth-order valence-corrected chi connectivity index (χ4v) is 6.48. The molecule has 196 valence electrons. The number of aromatic carboxylic acids is 1. The van der Waals surface area contributed by atoms with Crippen molar-refractivity contribution in [2.45, 2.75) is 27.2 Å². The van der Waals surface area contributed by atoms with Crippen molar-refractivity contribution >= 4 is 28.5 Å². The van der Waals surface area contributed by atoms with Gasteiger partial charge in [-0.3, -0.25) is 4.79 Å².